The minimum absolute atomic E-state index is 0.0382. The largest absolute Gasteiger partial charge is 0.573 e. The van der Waals surface area contributed by atoms with Crippen molar-refractivity contribution in [2.75, 3.05) is 29.3 Å². The van der Waals surface area contributed by atoms with Crippen LogP contribution >= 0.6 is 11.8 Å². The number of ether oxygens (including phenoxy) is 1. The average molecular weight is 426 g/mol. The number of rotatable bonds is 6. The zero-order valence-electron chi connectivity index (χ0n) is 15.6. The Hall–Kier alpha value is -3.20. The van der Waals surface area contributed by atoms with Crippen molar-refractivity contribution >= 4 is 35.1 Å². The van der Waals surface area contributed by atoms with E-state index >= 15 is 0 Å². The van der Waals surface area contributed by atoms with Gasteiger partial charge in [-0.3, -0.25) is 4.79 Å². The second kappa shape index (κ2) is 8.87. The number of hydrogen-bond acceptors (Lipinski definition) is 8. The molecule has 0 bridgehead atoms. The van der Waals surface area contributed by atoms with Crippen molar-refractivity contribution in [3.05, 3.63) is 29.8 Å². The Morgan fingerprint density at radius 1 is 1.41 bits per heavy atom. The molecule has 1 amide bonds. The Bertz CT molecular complexity index is 948. The maximum Gasteiger partial charge on any atom is 0.573 e. The molecule has 0 aliphatic carbocycles. The molecule has 12 heteroatoms. The monoisotopic (exact) mass is 426 g/mol. The molecular formula is C17H17F3N6O2S. The molecule has 2 aromatic rings. The van der Waals surface area contributed by atoms with Crippen LogP contribution in [0.25, 0.3) is 0 Å². The third-order valence-corrected chi connectivity index (χ3v) is 4.54. The molecule has 1 heterocycles. The number of anilines is 3. The van der Waals surface area contributed by atoms with E-state index in [0.717, 1.165) is 12.1 Å². The van der Waals surface area contributed by atoms with E-state index in [4.69, 9.17) is 5.73 Å². The summed E-state index contributed by atoms with van der Waals surface area (Å²) in [5.74, 6) is -1.10. The van der Waals surface area contributed by atoms with Gasteiger partial charge in [0.1, 0.15) is 28.4 Å². The minimum Gasteiger partial charge on any atom is -0.406 e. The lowest BCUT2D eigenvalue weighted by atomic mass is 10.2. The van der Waals surface area contributed by atoms with Gasteiger partial charge in [0.2, 0.25) is 11.9 Å². The number of aromatic nitrogens is 2. The number of benzene rings is 1. The highest BCUT2D eigenvalue weighted by molar-refractivity contribution is 7.98. The number of amides is 1. The van der Waals surface area contributed by atoms with Gasteiger partial charge in [0, 0.05) is 18.8 Å². The van der Waals surface area contributed by atoms with Crippen molar-refractivity contribution in [3.63, 3.8) is 0 Å². The first-order valence-electron chi connectivity index (χ1n) is 8.06. The Balaban J connectivity index is 2.22. The summed E-state index contributed by atoms with van der Waals surface area (Å²) in [5, 5.41) is 12.2. The average Bonchev–Trinajstić information content (AvgIpc) is 2.65. The summed E-state index contributed by atoms with van der Waals surface area (Å²) in [6.07, 6.45) is -3.13. The van der Waals surface area contributed by atoms with E-state index < -0.39 is 24.1 Å². The van der Waals surface area contributed by atoms with Gasteiger partial charge in [-0.2, -0.15) is 10.2 Å². The lowest BCUT2D eigenvalue weighted by Crippen LogP contribution is -2.40. The molecule has 1 atom stereocenters. The Kier molecular flexibility index (Phi) is 6.76. The second-order valence-electron chi connectivity index (χ2n) is 5.75. The van der Waals surface area contributed by atoms with Crippen LogP contribution in [0, 0.1) is 11.3 Å². The number of nitriles is 1. The van der Waals surface area contributed by atoms with E-state index in [0.29, 0.717) is 10.7 Å². The Morgan fingerprint density at radius 3 is 2.69 bits per heavy atom. The molecule has 1 aromatic carbocycles. The van der Waals surface area contributed by atoms with Crippen LogP contribution in [-0.4, -0.2) is 41.6 Å². The highest BCUT2D eigenvalue weighted by atomic mass is 32.2. The molecule has 0 aliphatic heterocycles. The first-order valence-corrected chi connectivity index (χ1v) is 9.29. The lowest BCUT2D eigenvalue weighted by Gasteiger charge is -2.26. The molecule has 0 radical (unpaired) electrons. The zero-order valence-corrected chi connectivity index (χ0v) is 16.4. The van der Waals surface area contributed by atoms with E-state index in [1.807, 2.05) is 6.07 Å². The van der Waals surface area contributed by atoms with Crippen LogP contribution in [-0.2, 0) is 4.79 Å². The van der Waals surface area contributed by atoms with Crippen LogP contribution in [0.1, 0.15) is 12.5 Å². The van der Waals surface area contributed by atoms with E-state index in [2.05, 4.69) is 20.0 Å². The summed E-state index contributed by atoms with van der Waals surface area (Å²) in [4.78, 5) is 21.9. The quantitative estimate of drug-likeness (QED) is 0.535. The molecule has 1 aromatic heterocycles. The molecule has 2 rings (SSSR count). The van der Waals surface area contributed by atoms with Gasteiger partial charge in [0.05, 0.1) is 0 Å². The van der Waals surface area contributed by atoms with Gasteiger partial charge < -0.3 is 20.7 Å². The minimum atomic E-state index is -4.82. The van der Waals surface area contributed by atoms with E-state index in [-0.39, 0.29) is 17.3 Å². The predicted octanol–water partition coefficient (Wildman–Crippen LogP) is 3.01. The lowest BCUT2D eigenvalue weighted by molar-refractivity contribution is -0.274. The maximum atomic E-state index is 12.6. The van der Waals surface area contributed by atoms with Crippen LogP contribution < -0.4 is 20.7 Å². The molecule has 8 nitrogen and oxygen atoms in total. The molecule has 0 aliphatic rings. The summed E-state index contributed by atoms with van der Waals surface area (Å²) in [7, 11) is 1.53. The molecule has 0 unspecified atom stereocenters. The molecule has 154 valence electrons. The highest BCUT2D eigenvalue weighted by Gasteiger charge is 2.31. The van der Waals surface area contributed by atoms with Crippen LogP contribution in [0.2, 0.25) is 0 Å². The van der Waals surface area contributed by atoms with Crippen LogP contribution in [0.5, 0.6) is 5.75 Å². The third kappa shape index (κ3) is 5.64. The van der Waals surface area contributed by atoms with Crippen molar-refractivity contribution in [2.24, 2.45) is 0 Å². The van der Waals surface area contributed by atoms with Gasteiger partial charge in [0.15, 0.2) is 5.82 Å². The van der Waals surface area contributed by atoms with E-state index in [1.54, 1.807) is 13.2 Å². The maximum absolute atomic E-state index is 12.6. The summed E-state index contributed by atoms with van der Waals surface area (Å²) >= 11 is 1.17. The fourth-order valence-electron chi connectivity index (χ4n) is 2.32. The van der Waals surface area contributed by atoms with E-state index in [1.165, 1.54) is 35.8 Å². The van der Waals surface area contributed by atoms with Crippen LogP contribution in [0.4, 0.5) is 30.6 Å². The Morgan fingerprint density at radius 2 is 2.10 bits per heavy atom. The van der Waals surface area contributed by atoms with Crippen molar-refractivity contribution in [3.8, 4) is 11.8 Å². The Labute approximate surface area is 168 Å². The number of carbonyl (C=O) groups is 1. The van der Waals surface area contributed by atoms with Crippen molar-refractivity contribution in [1.82, 2.24) is 9.97 Å². The van der Waals surface area contributed by atoms with Gasteiger partial charge in [-0.15, -0.1) is 24.9 Å². The van der Waals surface area contributed by atoms with Gasteiger partial charge in [-0.25, -0.2) is 4.98 Å². The first-order chi connectivity index (χ1) is 13.6. The number of nitrogen functional groups attached to an aromatic ring is 1. The van der Waals surface area contributed by atoms with E-state index in [9.17, 15) is 23.2 Å². The zero-order chi connectivity index (χ0) is 21.8. The molecule has 3 N–H and O–H groups in total. The number of hydrogen-bond donors (Lipinski definition) is 2. The van der Waals surface area contributed by atoms with Gasteiger partial charge in [-0.1, -0.05) is 6.07 Å². The summed E-state index contributed by atoms with van der Waals surface area (Å²) in [5.41, 5.74) is 6.00. The van der Waals surface area contributed by atoms with Gasteiger partial charge in [0.25, 0.3) is 0 Å². The number of nitrogens with one attached hydrogen (secondary N) is 1. The van der Waals surface area contributed by atoms with Crippen LogP contribution in [0.3, 0.4) is 0 Å². The molecule has 29 heavy (non-hydrogen) atoms. The predicted molar refractivity (Wildman–Crippen MR) is 103 cm³/mol. The SMILES string of the molecule is CSc1nc(N)nc(NC(=O)[C@H](C)N(C)c2cccc(OC(F)(F)F)c2)c1C#N. The third-order valence-electron chi connectivity index (χ3n) is 3.86. The number of likely N-dealkylation sites (N-methyl/N-ethyl adjacent to an activating group) is 1. The van der Waals surface area contributed by atoms with Crippen molar-refractivity contribution in [2.45, 2.75) is 24.4 Å². The molecule has 0 saturated carbocycles. The van der Waals surface area contributed by atoms with Crippen molar-refractivity contribution in [1.29, 1.82) is 5.26 Å². The number of thioether (sulfide) groups is 1. The fourth-order valence-corrected chi connectivity index (χ4v) is 2.85. The van der Waals surface area contributed by atoms with Crippen LogP contribution in [0.15, 0.2) is 29.3 Å². The second-order valence-corrected chi connectivity index (χ2v) is 6.54. The first kappa shape index (κ1) is 22.1. The summed E-state index contributed by atoms with van der Waals surface area (Å²) in [6, 6.07) is 6.32. The van der Waals surface area contributed by atoms with Gasteiger partial charge in [-0.05, 0) is 25.3 Å². The van der Waals surface area contributed by atoms with Gasteiger partial charge >= 0.3 is 6.36 Å². The molecule has 0 saturated heterocycles. The number of nitrogens with zero attached hydrogens (tertiary/aromatic N) is 4. The summed E-state index contributed by atoms with van der Waals surface area (Å²) < 4.78 is 41.2. The highest BCUT2D eigenvalue weighted by Crippen LogP contribution is 2.28. The number of nitrogens with two attached hydrogens (primary N) is 1. The topological polar surface area (TPSA) is 117 Å². The smallest absolute Gasteiger partial charge is 0.406 e. The normalized spacial score (nSPS) is 12.0. The number of alkyl halides is 3. The molecular weight excluding hydrogens is 409 g/mol. The standard InChI is InChI=1S/C17H17F3N6O2S/c1-9(26(2)10-5-4-6-11(7-10)28-17(18,19)20)14(27)23-13-12(8-21)15(29-3)25-16(22)24-13/h4-7,9H,1-3H3,(H3,22,23,24,25,27)/t9-/m0/s1. The summed E-state index contributed by atoms with van der Waals surface area (Å²) in [6.45, 7) is 1.54. The number of carbonyl (C=O) groups excluding carboxylic acids is 1. The molecule has 0 spiro atoms. The number of halogens is 3. The van der Waals surface area contributed by atoms with Crippen molar-refractivity contribution < 1.29 is 22.7 Å². The molecule has 0 fully saturated rings. The fraction of sp³-hybridized carbons (Fsp3) is 0.294.